The van der Waals surface area contributed by atoms with Crippen molar-refractivity contribution in [1.82, 2.24) is 19.7 Å². The van der Waals surface area contributed by atoms with Gasteiger partial charge in [0.25, 0.3) is 0 Å². The van der Waals surface area contributed by atoms with Crippen molar-refractivity contribution in [2.75, 3.05) is 11.9 Å². The standard InChI is InChI=1S/C22H27N5/c1-4-5-19-12-20(10-11-23-19)27-16(3)22(15(2)26-27)18-8-9-21(25-14-18)24-13-17-6-7-17/h8-12,14,17H,4-7,13H2,1-3H3,(H,24,25). The first-order valence-corrected chi connectivity index (χ1v) is 9.87. The van der Waals surface area contributed by atoms with Crippen LogP contribution in [0.1, 0.15) is 43.3 Å². The van der Waals surface area contributed by atoms with Crippen molar-refractivity contribution < 1.29 is 0 Å². The lowest BCUT2D eigenvalue weighted by atomic mass is 10.1. The molecular formula is C22H27N5. The van der Waals surface area contributed by atoms with E-state index in [1.54, 1.807) is 0 Å². The van der Waals surface area contributed by atoms with Crippen LogP contribution in [0.25, 0.3) is 16.8 Å². The number of aromatic nitrogens is 4. The largest absolute Gasteiger partial charge is 0.370 e. The summed E-state index contributed by atoms with van der Waals surface area (Å²) < 4.78 is 2.02. The lowest BCUT2D eigenvalue weighted by molar-refractivity contribution is 0.818. The van der Waals surface area contributed by atoms with Gasteiger partial charge in [0, 0.05) is 41.5 Å². The fourth-order valence-corrected chi connectivity index (χ4v) is 3.52. The van der Waals surface area contributed by atoms with Crippen molar-refractivity contribution in [3.05, 3.63) is 53.7 Å². The molecule has 1 aliphatic rings. The van der Waals surface area contributed by atoms with Crippen LogP contribution in [0.5, 0.6) is 0 Å². The summed E-state index contributed by atoms with van der Waals surface area (Å²) in [7, 11) is 0. The molecule has 0 atom stereocenters. The Morgan fingerprint density at radius 3 is 2.70 bits per heavy atom. The summed E-state index contributed by atoms with van der Waals surface area (Å²) in [5, 5.41) is 8.22. The van der Waals surface area contributed by atoms with E-state index in [0.29, 0.717) is 0 Å². The molecular weight excluding hydrogens is 334 g/mol. The van der Waals surface area contributed by atoms with Crippen LogP contribution in [0.2, 0.25) is 0 Å². The summed E-state index contributed by atoms with van der Waals surface area (Å²) >= 11 is 0. The molecule has 27 heavy (non-hydrogen) atoms. The van der Waals surface area contributed by atoms with E-state index in [-0.39, 0.29) is 0 Å². The molecule has 0 aliphatic heterocycles. The van der Waals surface area contributed by atoms with E-state index in [0.717, 1.165) is 65.0 Å². The van der Waals surface area contributed by atoms with Gasteiger partial charge in [0.15, 0.2) is 0 Å². The van der Waals surface area contributed by atoms with E-state index in [4.69, 9.17) is 5.10 Å². The minimum absolute atomic E-state index is 0.840. The van der Waals surface area contributed by atoms with Crippen molar-refractivity contribution in [2.45, 2.75) is 46.5 Å². The second kappa shape index (κ2) is 7.51. The number of hydrogen-bond acceptors (Lipinski definition) is 4. The number of nitrogens with zero attached hydrogens (tertiary/aromatic N) is 4. The molecule has 1 fully saturated rings. The molecule has 1 aliphatic carbocycles. The van der Waals surface area contributed by atoms with E-state index >= 15 is 0 Å². The number of hydrogen-bond donors (Lipinski definition) is 1. The molecule has 5 heteroatoms. The average Bonchev–Trinajstić information content (AvgIpc) is 3.46. The highest BCUT2D eigenvalue weighted by Gasteiger charge is 2.21. The van der Waals surface area contributed by atoms with Crippen molar-refractivity contribution in [2.24, 2.45) is 5.92 Å². The summed E-state index contributed by atoms with van der Waals surface area (Å²) in [5.41, 5.74) is 6.58. The molecule has 0 bridgehead atoms. The summed E-state index contributed by atoms with van der Waals surface area (Å²) in [6, 6.07) is 8.36. The fourth-order valence-electron chi connectivity index (χ4n) is 3.52. The van der Waals surface area contributed by atoms with Gasteiger partial charge in [-0.3, -0.25) is 4.98 Å². The smallest absolute Gasteiger partial charge is 0.125 e. The molecule has 0 spiro atoms. The average molecular weight is 361 g/mol. The van der Waals surface area contributed by atoms with Crippen LogP contribution in [-0.2, 0) is 6.42 Å². The molecule has 3 aromatic rings. The van der Waals surface area contributed by atoms with Gasteiger partial charge in [-0.25, -0.2) is 9.67 Å². The summed E-state index contributed by atoms with van der Waals surface area (Å²) in [6.45, 7) is 7.39. The van der Waals surface area contributed by atoms with Crippen molar-refractivity contribution in [3.63, 3.8) is 0 Å². The summed E-state index contributed by atoms with van der Waals surface area (Å²) in [5.74, 6) is 1.79. The third-order valence-corrected chi connectivity index (χ3v) is 5.16. The van der Waals surface area contributed by atoms with Crippen LogP contribution in [-0.4, -0.2) is 26.3 Å². The Morgan fingerprint density at radius 1 is 1.15 bits per heavy atom. The second-order valence-electron chi connectivity index (χ2n) is 7.47. The van der Waals surface area contributed by atoms with Crippen LogP contribution in [0.3, 0.4) is 0 Å². The molecule has 140 valence electrons. The first-order valence-electron chi connectivity index (χ1n) is 9.87. The van der Waals surface area contributed by atoms with Gasteiger partial charge >= 0.3 is 0 Å². The van der Waals surface area contributed by atoms with Crippen LogP contribution in [0, 0.1) is 19.8 Å². The zero-order valence-electron chi connectivity index (χ0n) is 16.4. The molecule has 1 N–H and O–H groups in total. The molecule has 0 amide bonds. The number of anilines is 1. The topological polar surface area (TPSA) is 55.6 Å². The van der Waals surface area contributed by atoms with Gasteiger partial charge in [0.1, 0.15) is 5.82 Å². The van der Waals surface area contributed by atoms with E-state index < -0.39 is 0 Å². The maximum atomic E-state index is 4.79. The third-order valence-electron chi connectivity index (χ3n) is 5.16. The highest BCUT2D eigenvalue weighted by atomic mass is 15.3. The fraction of sp³-hybridized carbons (Fsp3) is 0.409. The minimum Gasteiger partial charge on any atom is -0.370 e. The lowest BCUT2D eigenvalue weighted by Gasteiger charge is -2.08. The minimum atomic E-state index is 0.840. The Kier molecular flexibility index (Phi) is 4.92. The van der Waals surface area contributed by atoms with Gasteiger partial charge in [-0.1, -0.05) is 13.3 Å². The van der Waals surface area contributed by atoms with Crippen LogP contribution >= 0.6 is 0 Å². The number of pyridine rings is 2. The Morgan fingerprint density at radius 2 is 2.00 bits per heavy atom. The zero-order valence-corrected chi connectivity index (χ0v) is 16.4. The Bertz CT molecular complexity index is 922. The second-order valence-corrected chi connectivity index (χ2v) is 7.47. The van der Waals surface area contributed by atoms with E-state index in [9.17, 15) is 0 Å². The van der Waals surface area contributed by atoms with Crippen molar-refractivity contribution in [3.8, 4) is 16.8 Å². The third kappa shape index (κ3) is 3.87. The SMILES string of the molecule is CCCc1cc(-n2nc(C)c(-c3ccc(NCC4CC4)nc3)c2C)ccn1. The van der Waals surface area contributed by atoms with Gasteiger partial charge in [0.2, 0.25) is 0 Å². The predicted molar refractivity (Wildman–Crippen MR) is 109 cm³/mol. The van der Waals surface area contributed by atoms with Gasteiger partial charge in [-0.2, -0.15) is 5.10 Å². The highest BCUT2D eigenvalue weighted by molar-refractivity contribution is 5.69. The van der Waals surface area contributed by atoms with E-state index in [1.807, 2.05) is 23.1 Å². The quantitative estimate of drug-likeness (QED) is 0.661. The monoisotopic (exact) mass is 361 g/mol. The summed E-state index contributed by atoms with van der Waals surface area (Å²) in [4.78, 5) is 9.06. The molecule has 0 saturated heterocycles. The predicted octanol–water partition coefficient (Wildman–Crippen LogP) is 4.72. The van der Waals surface area contributed by atoms with Crippen LogP contribution in [0.4, 0.5) is 5.82 Å². The Labute approximate surface area is 160 Å². The van der Waals surface area contributed by atoms with Crippen molar-refractivity contribution in [1.29, 1.82) is 0 Å². The van der Waals surface area contributed by atoms with E-state index in [1.165, 1.54) is 12.8 Å². The lowest BCUT2D eigenvalue weighted by Crippen LogP contribution is -2.04. The highest BCUT2D eigenvalue weighted by Crippen LogP contribution is 2.30. The molecule has 0 aromatic carbocycles. The summed E-state index contributed by atoms with van der Waals surface area (Å²) in [6.07, 6.45) is 8.59. The molecule has 5 nitrogen and oxygen atoms in total. The van der Waals surface area contributed by atoms with Crippen LogP contribution < -0.4 is 5.32 Å². The maximum Gasteiger partial charge on any atom is 0.125 e. The molecule has 4 rings (SSSR count). The van der Waals surface area contributed by atoms with Gasteiger partial charge < -0.3 is 5.32 Å². The number of nitrogens with one attached hydrogen (secondary N) is 1. The molecule has 3 heterocycles. The normalized spacial score (nSPS) is 13.7. The maximum absolute atomic E-state index is 4.79. The van der Waals surface area contributed by atoms with Crippen LogP contribution in [0.15, 0.2) is 36.7 Å². The molecule has 1 saturated carbocycles. The van der Waals surface area contributed by atoms with Gasteiger partial charge in [-0.15, -0.1) is 0 Å². The first kappa shape index (κ1) is 17.7. The molecule has 3 aromatic heterocycles. The Balaban J connectivity index is 1.61. The Hall–Kier alpha value is -2.69. The molecule has 0 radical (unpaired) electrons. The molecule has 0 unspecified atom stereocenters. The zero-order chi connectivity index (χ0) is 18.8. The first-order chi connectivity index (χ1) is 13.2. The van der Waals surface area contributed by atoms with Gasteiger partial charge in [0.05, 0.1) is 11.4 Å². The number of aryl methyl sites for hydroxylation is 2. The van der Waals surface area contributed by atoms with Gasteiger partial charge in [-0.05, 0) is 63.3 Å². The number of rotatable bonds is 7. The van der Waals surface area contributed by atoms with E-state index in [2.05, 4.69) is 54.3 Å². The van der Waals surface area contributed by atoms with Crippen molar-refractivity contribution >= 4 is 5.82 Å².